The average Bonchev–Trinajstić information content (AvgIpc) is 2.32. The predicted molar refractivity (Wildman–Crippen MR) is 70.5 cm³/mol. The minimum atomic E-state index is -0.145. The molecular weight excluding hydrogens is 228 g/mol. The molecule has 1 aliphatic carbocycles. The van der Waals surface area contributed by atoms with Crippen LogP contribution in [0.1, 0.15) is 36.2 Å². The van der Waals surface area contributed by atoms with Crippen molar-refractivity contribution in [2.24, 2.45) is 11.1 Å². The number of nitrogens with two attached hydrogens (primary N) is 1. The maximum absolute atomic E-state index is 12.2. The first-order valence-corrected chi connectivity index (χ1v) is 6.19. The van der Waals surface area contributed by atoms with Crippen molar-refractivity contribution in [3.8, 4) is 5.75 Å². The second kappa shape index (κ2) is 4.28. The maximum Gasteiger partial charge on any atom is 0.251 e. The van der Waals surface area contributed by atoms with Crippen LogP contribution in [0.2, 0.25) is 0 Å². The summed E-state index contributed by atoms with van der Waals surface area (Å²) in [4.78, 5) is 12.2. The molecule has 2 rings (SSSR count). The lowest BCUT2D eigenvalue weighted by atomic mass is 9.63. The molecule has 98 valence electrons. The number of nitrogens with one attached hydrogen (secondary N) is 1. The van der Waals surface area contributed by atoms with Crippen LogP contribution in [-0.4, -0.2) is 23.1 Å². The van der Waals surface area contributed by atoms with Crippen LogP contribution in [0.15, 0.2) is 18.2 Å². The van der Waals surface area contributed by atoms with E-state index in [1.165, 1.54) is 0 Å². The van der Waals surface area contributed by atoms with E-state index in [2.05, 4.69) is 19.2 Å². The molecular formula is C14H20N2O2. The number of rotatable bonds is 2. The molecule has 4 N–H and O–H groups in total. The molecule has 2 atom stereocenters. The van der Waals surface area contributed by atoms with Gasteiger partial charge in [-0.15, -0.1) is 0 Å². The number of carbonyl (C=O) groups excluding carboxylic acids is 1. The lowest BCUT2D eigenvalue weighted by molar-refractivity contribution is 0.0586. The van der Waals surface area contributed by atoms with E-state index in [1.54, 1.807) is 25.1 Å². The van der Waals surface area contributed by atoms with Gasteiger partial charge >= 0.3 is 0 Å². The Morgan fingerprint density at radius 2 is 2.17 bits per heavy atom. The SMILES string of the molecule is Cc1c(O)cccc1C(=O)NC1CC(N)C1(C)C. The van der Waals surface area contributed by atoms with E-state index in [0.717, 1.165) is 6.42 Å². The topological polar surface area (TPSA) is 75.3 Å². The van der Waals surface area contributed by atoms with E-state index in [1.807, 2.05) is 0 Å². The molecule has 1 aromatic rings. The molecule has 2 unspecified atom stereocenters. The Balaban J connectivity index is 2.12. The standard InChI is InChI=1S/C14H20N2O2/c1-8-9(5-4-6-10(8)17)13(18)16-12-7-11(15)14(12,2)3/h4-6,11-12,17H,7,15H2,1-3H3,(H,16,18). The normalized spacial score (nSPS) is 25.3. The highest BCUT2D eigenvalue weighted by Gasteiger charge is 2.46. The van der Waals surface area contributed by atoms with Gasteiger partial charge in [0, 0.05) is 28.6 Å². The Kier molecular flexibility index (Phi) is 3.07. The Bertz CT molecular complexity index is 483. The van der Waals surface area contributed by atoms with Crippen LogP contribution in [0.3, 0.4) is 0 Å². The fraction of sp³-hybridized carbons (Fsp3) is 0.500. The Labute approximate surface area is 107 Å². The van der Waals surface area contributed by atoms with Gasteiger partial charge in [-0.2, -0.15) is 0 Å². The van der Waals surface area contributed by atoms with Crippen molar-refractivity contribution in [1.29, 1.82) is 0 Å². The maximum atomic E-state index is 12.2. The van der Waals surface area contributed by atoms with E-state index in [4.69, 9.17) is 5.73 Å². The predicted octanol–water partition coefficient (Wildman–Crippen LogP) is 1.56. The highest BCUT2D eigenvalue weighted by Crippen LogP contribution is 2.39. The molecule has 0 aromatic heterocycles. The van der Waals surface area contributed by atoms with Crippen molar-refractivity contribution in [2.45, 2.75) is 39.3 Å². The summed E-state index contributed by atoms with van der Waals surface area (Å²) < 4.78 is 0. The first-order chi connectivity index (χ1) is 8.34. The number of hydrogen-bond acceptors (Lipinski definition) is 3. The van der Waals surface area contributed by atoms with Gasteiger partial charge in [0.25, 0.3) is 5.91 Å². The molecule has 18 heavy (non-hydrogen) atoms. The van der Waals surface area contributed by atoms with Crippen LogP contribution in [-0.2, 0) is 0 Å². The summed E-state index contributed by atoms with van der Waals surface area (Å²) in [6.45, 7) is 5.85. The molecule has 0 spiro atoms. The van der Waals surface area contributed by atoms with Gasteiger partial charge in [0.1, 0.15) is 5.75 Å². The summed E-state index contributed by atoms with van der Waals surface area (Å²) in [5.41, 5.74) is 6.98. The van der Waals surface area contributed by atoms with Gasteiger partial charge in [0.05, 0.1) is 0 Å². The fourth-order valence-corrected chi connectivity index (χ4v) is 2.31. The first-order valence-electron chi connectivity index (χ1n) is 6.19. The van der Waals surface area contributed by atoms with Crippen LogP contribution in [0.25, 0.3) is 0 Å². The summed E-state index contributed by atoms with van der Waals surface area (Å²) in [5, 5.41) is 12.6. The van der Waals surface area contributed by atoms with Crippen molar-refractivity contribution in [3.05, 3.63) is 29.3 Å². The van der Waals surface area contributed by atoms with E-state index < -0.39 is 0 Å². The number of phenols is 1. The van der Waals surface area contributed by atoms with Gasteiger partial charge in [-0.1, -0.05) is 19.9 Å². The largest absolute Gasteiger partial charge is 0.508 e. The van der Waals surface area contributed by atoms with Crippen molar-refractivity contribution in [3.63, 3.8) is 0 Å². The number of carbonyl (C=O) groups is 1. The quantitative estimate of drug-likeness (QED) is 0.743. The number of phenolic OH excluding ortho intramolecular Hbond substituents is 1. The lowest BCUT2D eigenvalue weighted by Gasteiger charge is -2.50. The van der Waals surface area contributed by atoms with Crippen LogP contribution < -0.4 is 11.1 Å². The van der Waals surface area contributed by atoms with E-state index in [9.17, 15) is 9.90 Å². The van der Waals surface area contributed by atoms with Crippen LogP contribution in [0.4, 0.5) is 0 Å². The number of benzene rings is 1. The van der Waals surface area contributed by atoms with Gasteiger partial charge in [-0.05, 0) is 25.5 Å². The summed E-state index contributed by atoms with van der Waals surface area (Å²) in [7, 11) is 0. The van der Waals surface area contributed by atoms with Crippen molar-refractivity contribution < 1.29 is 9.90 Å². The van der Waals surface area contributed by atoms with Gasteiger partial charge in [-0.3, -0.25) is 4.79 Å². The molecule has 1 amide bonds. The summed E-state index contributed by atoms with van der Waals surface area (Å²) in [5.74, 6) is 0.000552. The monoisotopic (exact) mass is 248 g/mol. The molecule has 4 heteroatoms. The third kappa shape index (κ3) is 1.97. The molecule has 0 radical (unpaired) electrons. The third-order valence-corrected chi connectivity index (χ3v) is 4.20. The summed E-state index contributed by atoms with van der Waals surface area (Å²) in [6.07, 6.45) is 0.802. The number of aromatic hydroxyl groups is 1. The van der Waals surface area contributed by atoms with Crippen molar-refractivity contribution >= 4 is 5.91 Å². The average molecular weight is 248 g/mol. The molecule has 0 saturated heterocycles. The molecule has 0 bridgehead atoms. The van der Waals surface area contributed by atoms with Crippen molar-refractivity contribution in [1.82, 2.24) is 5.32 Å². The number of amides is 1. The van der Waals surface area contributed by atoms with E-state index >= 15 is 0 Å². The Morgan fingerprint density at radius 1 is 1.50 bits per heavy atom. The molecule has 1 fully saturated rings. The Morgan fingerprint density at radius 3 is 2.72 bits per heavy atom. The minimum Gasteiger partial charge on any atom is -0.508 e. The fourth-order valence-electron chi connectivity index (χ4n) is 2.31. The van der Waals surface area contributed by atoms with Gasteiger partial charge < -0.3 is 16.2 Å². The molecule has 0 aliphatic heterocycles. The van der Waals surface area contributed by atoms with E-state index in [-0.39, 0.29) is 29.2 Å². The minimum absolute atomic E-state index is 0.0691. The molecule has 1 aliphatic rings. The van der Waals surface area contributed by atoms with Crippen LogP contribution >= 0.6 is 0 Å². The third-order valence-electron chi connectivity index (χ3n) is 4.20. The zero-order chi connectivity index (χ0) is 13.5. The highest BCUT2D eigenvalue weighted by atomic mass is 16.3. The molecule has 1 aromatic carbocycles. The Hall–Kier alpha value is -1.55. The smallest absolute Gasteiger partial charge is 0.251 e. The zero-order valence-corrected chi connectivity index (χ0v) is 11.0. The van der Waals surface area contributed by atoms with Gasteiger partial charge in [-0.25, -0.2) is 0 Å². The van der Waals surface area contributed by atoms with Gasteiger partial charge in [0.15, 0.2) is 0 Å². The summed E-state index contributed by atoms with van der Waals surface area (Å²) >= 11 is 0. The van der Waals surface area contributed by atoms with Gasteiger partial charge in [0.2, 0.25) is 0 Å². The highest BCUT2D eigenvalue weighted by molar-refractivity contribution is 5.96. The van der Waals surface area contributed by atoms with Crippen LogP contribution in [0, 0.1) is 12.3 Å². The second-order valence-electron chi connectivity index (χ2n) is 5.64. The molecule has 1 saturated carbocycles. The molecule has 0 heterocycles. The van der Waals surface area contributed by atoms with Crippen LogP contribution in [0.5, 0.6) is 5.75 Å². The van der Waals surface area contributed by atoms with Crippen molar-refractivity contribution in [2.75, 3.05) is 0 Å². The molecule has 4 nitrogen and oxygen atoms in total. The summed E-state index contributed by atoms with van der Waals surface area (Å²) in [6, 6.07) is 5.20. The first kappa shape index (κ1) is 12.9. The van der Waals surface area contributed by atoms with E-state index in [0.29, 0.717) is 11.1 Å². The second-order valence-corrected chi connectivity index (χ2v) is 5.64. The number of hydrogen-bond donors (Lipinski definition) is 3. The zero-order valence-electron chi connectivity index (χ0n) is 11.0. The lowest BCUT2D eigenvalue weighted by Crippen LogP contribution is -2.64.